The monoisotopic (exact) mass is 376 g/mol. The van der Waals surface area contributed by atoms with Crippen molar-refractivity contribution in [3.63, 3.8) is 0 Å². The van der Waals surface area contributed by atoms with Gasteiger partial charge in [-0.15, -0.1) is 0 Å². The molecular formula is C24H25FN2O. The minimum atomic E-state index is -0.305. The highest BCUT2D eigenvalue weighted by Gasteiger charge is 2.17. The fourth-order valence-corrected chi connectivity index (χ4v) is 3.85. The average molecular weight is 376 g/mol. The van der Waals surface area contributed by atoms with Crippen LogP contribution in [0.25, 0.3) is 10.8 Å². The maximum absolute atomic E-state index is 13.0. The zero-order valence-electron chi connectivity index (χ0n) is 16.0. The summed E-state index contributed by atoms with van der Waals surface area (Å²) in [6, 6.07) is 21.0. The Labute approximate surface area is 165 Å². The molecule has 1 saturated heterocycles. The van der Waals surface area contributed by atoms with E-state index in [-0.39, 0.29) is 11.6 Å². The van der Waals surface area contributed by atoms with Crippen LogP contribution in [-0.4, -0.2) is 43.4 Å². The number of fused-ring (bicyclic) bond motifs is 1. The maximum atomic E-state index is 13.0. The molecular weight excluding hydrogens is 351 g/mol. The SMILES string of the molecule is O=C(CCCN1CCN(c2ccc3ccccc3c2)CC1)c1ccc(F)cc1. The molecule has 0 N–H and O–H groups in total. The first-order valence-electron chi connectivity index (χ1n) is 9.94. The van der Waals surface area contributed by atoms with E-state index in [1.54, 1.807) is 12.1 Å². The van der Waals surface area contributed by atoms with Gasteiger partial charge in [0.05, 0.1) is 0 Å². The Kier molecular flexibility index (Phi) is 5.68. The van der Waals surface area contributed by atoms with Gasteiger partial charge in [-0.3, -0.25) is 9.69 Å². The van der Waals surface area contributed by atoms with Crippen LogP contribution in [0.15, 0.2) is 66.7 Å². The summed E-state index contributed by atoms with van der Waals surface area (Å²) in [5.41, 5.74) is 1.88. The standard InChI is InChI=1S/C24H25FN2O/c25-22-10-7-20(8-11-22)24(28)6-3-13-26-14-16-27(17-15-26)23-12-9-19-4-1-2-5-21(19)18-23/h1-2,4-5,7-12,18H,3,6,13-17H2. The highest BCUT2D eigenvalue weighted by Crippen LogP contribution is 2.23. The third-order valence-corrected chi connectivity index (χ3v) is 5.51. The van der Waals surface area contributed by atoms with Crippen LogP contribution in [0.4, 0.5) is 10.1 Å². The van der Waals surface area contributed by atoms with Crippen LogP contribution >= 0.6 is 0 Å². The first kappa shape index (κ1) is 18.6. The number of hydrogen-bond acceptors (Lipinski definition) is 3. The number of anilines is 1. The van der Waals surface area contributed by atoms with Gasteiger partial charge in [0, 0.05) is 43.9 Å². The second-order valence-corrected chi connectivity index (χ2v) is 7.39. The molecule has 144 valence electrons. The third-order valence-electron chi connectivity index (χ3n) is 5.51. The average Bonchev–Trinajstić information content (AvgIpc) is 2.74. The maximum Gasteiger partial charge on any atom is 0.162 e. The molecule has 0 aromatic heterocycles. The predicted octanol–water partition coefficient (Wildman–Crippen LogP) is 4.76. The molecule has 1 aliphatic rings. The molecule has 0 aliphatic carbocycles. The van der Waals surface area contributed by atoms with Gasteiger partial charge >= 0.3 is 0 Å². The molecule has 0 radical (unpaired) electrons. The normalized spacial score (nSPS) is 15.1. The Bertz CT molecular complexity index is 946. The number of rotatable bonds is 6. The minimum absolute atomic E-state index is 0.0924. The van der Waals surface area contributed by atoms with Gasteiger partial charge in [-0.1, -0.05) is 30.3 Å². The lowest BCUT2D eigenvalue weighted by molar-refractivity contribution is 0.0974. The van der Waals surface area contributed by atoms with Gasteiger partial charge < -0.3 is 4.90 Å². The van der Waals surface area contributed by atoms with E-state index in [1.807, 2.05) is 0 Å². The molecule has 28 heavy (non-hydrogen) atoms. The van der Waals surface area contributed by atoms with Gasteiger partial charge in [0.1, 0.15) is 5.82 Å². The third kappa shape index (κ3) is 4.39. The number of nitrogens with zero attached hydrogens (tertiary/aromatic N) is 2. The lowest BCUT2D eigenvalue weighted by Gasteiger charge is -2.36. The first-order chi connectivity index (χ1) is 13.7. The molecule has 1 heterocycles. The van der Waals surface area contributed by atoms with Crippen molar-refractivity contribution in [3.05, 3.63) is 78.1 Å². The smallest absolute Gasteiger partial charge is 0.162 e. The predicted molar refractivity (Wildman–Crippen MR) is 113 cm³/mol. The molecule has 4 rings (SSSR count). The molecule has 1 fully saturated rings. The van der Waals surface area contributed by atoms with Crippen molar-refractivity contribution in [1.82, 2.24) is 4.90 Å². The molecule has 3 nitrogen and oxygen atoms in total. The Balaban J connectivity index is 1.25. The Morgan fingerprint density at radius 2 is 1.57 bits per heavy atom. The minimum Gasteiger partial charge on any atom is -0.369 e. The van der Waals surface area contributed by atoms with Crippen molar-refractivity contribution in [2.45, 2.75) is 12.8 Å². The summed E-state index contributed by atoms with van der Waals surface area (Å²) in [4.78, 5) is 17.1. The van der Waals surface area contributed by atoms with Crippen LogP contribution in [0.1, 0.15) is 23.2 Å². The quantitative estimate of drug-likeness (QED) is 0.579. The van der Waals surface area contributed by atoms with Gasteiger partial charge in [-0.2, -0.15) is 0 Å². The first-order valence-corrected chi connectivity index (χ1v) is 9.94. The second-order valence-electron chi connectivity index (χ2n) is 7.39. The molecule has 4 heteroatoms. The summed E-state index contributed by atoms with van der Waals surface area (Å²) in [5, 5.41) is 2.55. The van der Waals surface area contributed by atoms with Gasteiger partial charge in [0.15, 0.2) is 5.78 Å². The fourth-order valence-electron chi connectivity index (χ4n) is 3.85. The zero-order chi connectivity index (χ0) is 19.3. The lowest BCUT2D eigenvalue weighted by Crippen LogP contribution is -2.46. The Morgan fingerprint density at radius 3 is 2.32 bits per heavy atom. The van der Waals surface area contributed by atoms with Crippen LogP contribution in [0.3, 0.4) is 0 Å². The van der Waals surface area contributed by atoms with Gasteiger partial charge in [-0.05, 0) is 60.1 Å². The van der Waals surface area contributed by atoms with Crippen molar-refractivity contribution in [2.24, 2.45) is 0 Å². The number of benzene rings is 3. The number of carbonyl (C=O) groups excluding carboxylic acids is 1. The van der Waals surface area contributed by atoms with Crippen molar-refractivity contribution in [3.8, 4) is 0 Å². The molecule has 0 spiro atoms. The number of piperazine rings is 1. The van der Waals surface area contributed by atoms with Gasteiger partial charge in [0.25, 0.3) is 0 Å². The fraction of sp³-hybridized carbons (Fsp3) is 0.292. The number of hydrogen-bond donors (Lipinski definition) is 0. The van der Waals surface area contributed by atoms with Gasteiger partial charge in [0.2, 0.25) is 0 Å². The summed E-state index contributed by atoms with van der Waals surface area (Å²) in [6.45, 7) is 4.96. The number of Topliss-reactive ketones (excluding diaryl/α,β-unsaturated/α-hetero) is 1. The van der Waals surface area contributed by atoms with Crippen molar-refractivity contribution >= 4 is 22.2 Å². The van der Waals surface area contributed by atoms with Crippen molar-refractivity contribution < 1.29 is 9.18 Å². The summed E-state index contributed by atoms with van der Waals surface area (Å²) in [7, 11) is 0. The molecule has 0 unspecified atom stereocenters. The van der Waals surface area contributed by atoms with E-state index in [0.717, 1.165) is 39.1 Å². The van der Waals surface area contributed by atoms with E-state index in [4.69, 9.17) is 0 Å². The lowest BCUT2D eigenvalue weighted by atomic mass is 10.1. The Morgan fingerprint density at radius 1 is 0.857 bits per heavy atom. The van der Waals surface area contributed by atoms with E-state index < -0.39 is 0 Å². The van der Waals surface area contributed by atoms with E-state index in [2.05, 4.69) is 52.3 Å². The molecule has 0 atom stereocenters. The van der Waals surface area contributed by atoms with Crippen LogP contribution in [-0.2, 0) is 0 Å². The molecule has 3 aromatic rings. The van der Waals surface area contributed by atoms with Crippen LogP contribution in [0.5, 0.6) is 0 Å². The number of ketones is 1. The van der Waals surface area contributed by atoms with Crippen LogP contribution < -0.4 is 4.90 Å². The van der Waals surface area contributed by atoms with E-state index in [1.165, 1.54) is 28.6 Å². The van der Waals surface area contributed by atoms with Crippen LogP contribution in [0, 0.1) is 5.82 Å². The summed E-state index contributed by atoms with van der Waals surface area (Å²) in [5.74, 6) is -0.212. The number of carbonyl (C=O) groups is 1. The highest BCUT2D eigenvalue weighted by molar-refractivity contribution is 5.95. The summed E-state index contributed by atoms with van der Waals surface area (Å²) in [6.07, 6.45) is 1.35. The van der Waals surface area contributed by atoms with Crippen LogP contribution in [0.2, 0.25) is 0 Å². The molecule has 3 aromatic carbocycles. The summed E-state index contributed by atoms with van der Waals surface area (Å²) < 4.78 is 13.0. The van der Waals surface area contributed by atoms with E-state index in [0.29, 0.717) is 12.0 Å². The topological polar surface area (TPSA) is 23.6 Å². The molecule has 1 aliphatic heterocycles. The molecule has 0 amide bonds. The van der Waals surface area contributed by atoms with Crippen molar-refractivity contribution in [2.75, 3.05) is 37.6 Å². The van der Waals surface area contributed by atoms with Crippen molar-refractivity contribution in [1.29, 1.82) is 0 Å². The van der Waals surface area contributed by atoms with Gasteiger partial charge in [-0.25, -0.2) is 4.39 Å². The zero-order valence-corrected chi connectivity index (χ0v) is 16.0. The molecule has 0 bridgehead atoms. The number of halogens is 1. The van der Waals surface area contributed by atoms with E-state index >= 15 is 0 Å². The largest absolute Gasteiger partial charge is 0.369 e. The summed E-state index contributed by atoms with van der Waals surface area (Å²) >= 11 is 0. The molecule has 0 saturated carbocycles. The Hall–Kier alpha value is -2.72. The van der Waals surface area contributed by atoms with E-state index in [9.17, 15) is 9.18 Å². The highest BCUT2D eigenvalue weighted by atomic mass is 19.1. The second kappa shape index (κ2) is 8.53.